The van der Waals surface area contributed by atoms with Crippen LogP contribution in [0.5, 0.6) is 5.75 Å². The molecular formula is C28H42O4Si. The van der Waals surface area contributed by atoms with E-state index in [-0.39, 0.29) is 12.0 Å². The number of hydrogen-bond donors (Lipinski definition) is 0. The Labute approximate surface area is 202 Å². The molecule has 0 aliphatic rings. The first-order valence-electron chi connectivity index (χ1n) is 12.1. The van der Waals surface area contributed by atoms with E-state index in [1.165, 1.54) is 11.1 Å². The number of ether oxygens (including phenoxy) is 3. The molecule has 182 valence electrons. The molecule has 0 radical (unpaired) electrons. The molecule has 0 fully saturated rings. The Bertz CT molecular complexity index is 805. The fraction of sp³-hybridized carbons (Fsp3) is 0.500. The highest BCUT2D eigenvalue weighted by atomic mass is 28.4. The van der Waals surface area contributed by atoms with E-state index in [4.69, 9.17) is 18.6 Å². The third-order valence-electron chi connectivity index (χ3n) is 6.52. The van der Waals surface area contributed by atoms with Crippen molar-refractivity contribution in [1.29, 1.82) is 0 Å². The Balaban J connectivity index is 2.11. The summed E-state index contributed by atoms with van der Waals surface area (Å²) < 4.78 is 22.7. The Morgan fingerprint density at radius 1 is 0.848 bits per heavy atom. The van der Waals surface area contributed by atoms with Gasteiger partial charge in [-0.05, 0) is 53.4 Å². The maximum absolute atomic E-state index is 7.00. The molecule has 0 saturated heterocycles. The fourth-order valence-electron chi connectivity index (χ4n) is 4.08. The zero-order valence-corrected chi connectivity index (χ0v) is 22.3. The van der Waals surface area contributed by atoms with Crippen LogP contribution in [0, 0.1) is 5.92 Å². The van der Waals surface area contributed by atoms with E-state index in [9.17, 15) is 0 Å². The van der Waals surface area contributed by atoms with Gasteiger partial charge in [0.1, 0.15) is 12.5 Å². The summed E-state index contributed by atoms with van der Waals surface area (Å²) in [7, 11) is 1.58. The zero-order valence-electron chi connectivity index (χ0n) is 21.3. The normalized spacial score (nSPS) is 13.9. The number of rotatable bonds is 15. The number of hydrogen-bond acceptors (Lipinski definition) is 4. The van der Waals surface area contributed by atoms with Gasteiger partial charge < -0.3 is 18.6 Å². The molecule has 2 atom stereocenters. The van der Waals surface area contributed by atoms with E-state index in [0.29, 0.717) is 13.4 Å². The number of methoxy groups -OCH3 is 2. The molecule has 0 aromatic heterocycles. The molecule has 0 N–H and O–H groups in total. The lowest BCUT2D eigenvalue weighted by Crippen LogP contribution is -2.38. The van der Waals surface area contributed by atoms with Crippen molar-refractivity contribution >= 4 is 8.32 Å². The minimum Gasteiger partial charge on any atom is -0.497 e. The van der Waals surface area contributed by atoms with Crippen LogP contribution in [0.15, 0.2) is 60.7 Å². The van der Waals surface area contributed by atoms with Gasteiger partial charge in [0.15, 0.2) is 8.32 Å². The van der Waals surface area contributed by atoms with Gasteiger partial charge in [-0.25, -0.2) is 0 Å². The predicted molar refractivity (Wildman–Crippen MR) is 139 cm³/mol. The molecule has 0 aliphatic heterocycles. The first-order chi connectivity index (χ1) is 16.0. The molecule has 0 aliphatic carbocycles. The van der Waals surface area contributed by atoms with E-state index in [1.807, 2.05) is 12.1 Å². The zero-order chi connectivity index (χ0) is 24.1. The molecule has 2 aromatic carbocycles. The Morgan fingerprint density at radius 3 is 2.00 bits per heavy atom. The molecule has 2 aromatic rings. The first-order valence-corrected chi connectivity index (χ1v) is 14.7. The average molecular weight is 471 g/mol. The van der Waals surface area contributed by atoms with Crippen LogP contribution in [-0.4, -0.2) is 29.3 Å². The summed E-state index contributed by atoms with van der Waals surface area (Å²) in [6, 6.07) is 20.4. The Kier molecular flexibility index (Phi) is 11.9. The topological polar surface area (TPSA) is 36.9 Å². The van der Waals surface area contributed by atoms with Gasteiger partial charge in [0, 0.05) is 13.0 Å². The van der Waals surface area contributed by atoms with Crippen molar-refractivity contribution in [3.63, 3.8) is 0 Å². The van der Waals surface area contributed by atoms with E-state index in [1.54, 1.807) is 14.2 Å². The van der Waals surface area contributed by atoms with Crippen LogP contribution in [0.4, 0.5) is 0 Å². The number of allylic oxidation sites excluding steroid dienone is 1. The molecule has 2 rings (SSSR count). The fourth-order valence-corrected chi connectivity index (χ4v) is 6.97. The minimum absolute atomic E-state index is 0.0546. The van der Waals surface area contributed by atoms with Crippen LogP contribution in [-0.2, 0) is 26.9 Å². The van der Waals surface area contributed by atoms with Crippen molar-refractivity contribution in [2.45, 2.75) is 65.0 Å². The lowest BCUT2D eigenvalue weighted by molar-refractivity contribution is -0.0390. The van der Waals surface area contributed by atoms with Crippen LogP contribution in [0.2, 0.25) is 18.1 Å². The summed E-state index contributed by atoms with van der Waals surface area (Å²) in [4.78, 5) is 0. The predicted octanol–water partition coefficient (Wildman–Crippen LogP) is 7.31. The second-order valence-corrected chi connectivity index (χ2v) is 13.3. The molecule has 5 heteroatoms. The Hall–Kier alpha value is -1.92. The van der Waals surface area contributed by atoms with Crippen molar-refractivity contribution < 1.29 is 18.6 Å². The highest BCUT2D eigenvalue weighted by molar-refractivity contribution is 6.73. The molecule has 4 nitrogen and oxygen atoms in total. The molecular weight excluding hydrogens is 428 g/mol. The SMILES string of the molecule is CC[Si](CC)(CC)O[C@H](c1ccc(OC)cc1)[C@@H](C)/C=C\Cc1ccc(COCOC)cc1. The Morgan fingerprint density at radius 2 is 1.45 bits per heavy atom. The van der Waals surface area contributed by atoms with E-state index < -0.39 is 8.32 Å². The van der Waals surface area contributed by atoms with Crippen molar-refractivity contribution in [3.05, 3.63) is 77.4 Å². The molecule has 0 saturated carbocycles. The molecule has 0 unspecified atom stereocenters. The summed E-state index contributed by atoms with van der Waals surface area (Å²) in [5.41, 5.74) is 3.66. The van der Waals surface area contributed by atoms with Crippen molar-refractivity contribution in [1.82, 2.24) is 0 Å². The quantitative estimate of drug-likeness (QED) is 0.118. The lowest BCUT2D eigenvalue weighted by Gasteiger charge is -2.35. The third kappa shape index (κ3) is 8.42. The summed E-state index contributed by atoms with van der Waals surface area (Å²) in [5, 5.41) is 0. The van der Waals surface area contributed by atoms with Crippen LogP contribution < -0.4 is 4.74 Å². The summed E-state index contributed by atoms with van der Waals surface area (Å²) in [5.74, 6) is 1.15. The highest BCUT2D eigenvalue weighted by Crippen LogP contribution is 2.35. The summed E-state index contributed by atoms with van der Waals surface area (Å²) in [6.45, 7) is 10.0. The average Bonchev–Trinajstić information content (AvgIpc) is 2.86. The van der Waals surface area contributed by atoms with Gasteiger partial charge in [0.2, 0.25) is 0 Å². The van der Waals surface area contributed by atoms with Gasteiger partial charge >= 0.3 is 0 Å². The van der Waals surface area contributed by atoms with Crippen LogP contribution in [0.3, 0.4) is 0 Å². The van der Waals surface area contributed by atoms with Gasteiger partial charge in [0.25, 0.3) is 0 Å². The number of benzene rings is 2. The van der Waals surface area contributed by atoms with Gasteiger partial charge in [-0.1, -0.05) is 76.2 Å². The van der Waals surface area contributed by atoms with Crippen molar-refractivity contribution in [2.75, 3.05) is 21.0 Å². The van der Waals surface area contributed by atoms with Crippen LogP contribution in [0.1, 0.15) is 50.5 Å². The molecule has 33 heavy (non-hydrogen) atoms. The van der Waals surface area contributed by atoms with Gasteiger partial charge in [-0.2, -0.15) is 0 Å². The van der Waals surface area contributed by atoms with Crippen LogP contribution in [0.25, 0.3) is 0 Å². The van der Waals surface area contributed by atoms with Crippen molar-refractivity contribution in [3.8, 4) is 5.75 Å². The second-order valence-electron chi connectivity index (χ2n) is 8.62. The van der Waals surface area contributed by atoms with Crippen LogP contribution >= 0.6 is 0 Å². The lowest BCUT2D eigenvalue weighted by atomic mass is 9.96. The van der Waals surface area contributed by atoms with Gasteiger partial charge in [-0.15, -0.1) is 0 Å². The minimum atomic E-state index is -1.76. The molecule has 0 heterocycles. The largest absolute Gasteiger partial charge is 0.497 e. The molecule has 0 bridgehead atoms. The van der Waals surface area contributed by atoms with Crippen molar-refractivity contribution in [2.24, 2.45) is 5.92 Å². The maximum Gasteiger partial charge on any atom is 0.192 e. The third-order valence-corrected chi connectivity index (χ3v) is 11.1. The van der Waals surface area contributed by atoms with E-state index >= 15 is 0 Å². The first kappa shape index (κ1) is 27.3. The monoisotopic (exact) mass is 470 g/mol. The summed E-state index contributed by atoms with van der Waals surface area (Å²) in [6.07, 6.45) is 5.54. The molecule has 0 spiro atoms. The smallest absolute Gasteiger partial charge is 0.192 e. The van der Waals surface area contributed by atoms with E-state index in [2.05, 4.69) is 76.2 Å². The second kappa shape index (κ2) is 14.4. The summed E-state index contributed by atoms with van der Waals surface area (Å²) >= 11 is 0. The van der Waals surface area contributed by atoms with E-state index in [0.717, 1.165) is 35.9 Å². The maximum atomic E-state index is 7.00. The highest BCUT2D eigenvalue weighted by Gasteiger charge is 2.34. The standard InChI is InChI=1S/C28H42O4Si/c1-7-33(8-2,9-3)32-28(26-17-19-27(30-6)20-18-26)23(4)11-10-12-24-13-15-25(16-14-24)21-31-22-29-5/h10-11,13-20,23,28H,7-9,12,21-22H2,1-6H3/b11-10-/t23-,28-/m0/s1. The van der Waals surface area contributed by atoms with Gasteiger partial charge in [-0.3, -0.25) is 0 Å². The van der Waals surface area contributed by atoms with Gasteiger partial charge in [0.05, 0.1) is 19.8 Å². The molecule has 0 amide bonds.